The summed E-state index contributed by atoms with van der Waals surface area (Å²) in [5.74, 6) is -0.00138. The summed E-state index contributed by atoms with van der Waals surface area (Å²) in [7, 11) is 0. The van der Waals surface area contributed by atoms with Gasteiger partial charge in [0.2, 0.25) is 0 Å². The van der Waals surface area contributed by atoms with Gasteiger partial charge in [-0.2, -0.15) is 0 Å². The van der Waals surface area contributed by atoms with E-state index in [-0.39, 0.29) is 19.1 Å². The molecule has 0 bridgehead atoms. The van der Waals surface area contributed by atoms with E-state index in [2.05, 4.69) is 0 Å². The number of hydrogen-bond donors (Lipinski definition) is 0. The quantitative estimate of drug-likeness (QED) is 0.793. The van der Waals surface area contributed by atoms with Crippen molar-refractivity contribution in [1.82, 2.24) is 4.90 Å². The van der Waals surface area contributed by atoms with Gasteiger partial charge in [-0.05, 0) is 43.3 Å². The van der Waals surface area contributed by atoms with Crippen molar-refractivity contribution in [3.8, 4) is 5.75 Å². The molecule has 1 unspecified atom stereocenters. The molecule has 0 aliphatic carbocycles. The van der Waals surface area contributed by atoms with Gasteiger partial charge in [0, 0.05) is 5.69 Å². The van der Waals surface area contributed by atoms with Crippen LogP contribution in [-0.2, 0) is 4.79 Å². The van der Waals surface area contributed by atoms with Crippen LogP contribution >= 0.6 is 0 Å². The van der Waals surface area contributed by atoms with Crippen molar-refractivity contribution in [1.29, 1.82) is 0 Å². The molecule has 124 valence electrons. The third-order valence-electron chi connectivity index (χ3n) is 3.88. The smallest absolute Gasteiger partial charge is 0.332 e. The molecule has 6 heteroatoms. The molecule has 0 radical (unpaired) electrons. The summed E-state index contributed by atoms with van der Waals surface area (Å²) in [6.45, 7) is 2.03. The van der Waals surface area contributed by atoms with Crippen molar-refractivity contribution in [3.63, 3.8) is 0 Å². The van der Waals surface area contributed by atoms with Crippen LogP contribution in [0.25, 0.3) is 0 Å². The average molecular weight is 328 g/mol. The lowest BCUT2D eigenvalue weighted by atomic mass is 10.2. The van der Waals surface area contributed by atoms with Gasteiger partial charge in [0.25, 0.3) is 5.91 Å². The number of urea groups is 1. The molecule has 0 N–H and O–H groups in total. The number of rotatable bonds is 5. The maximum atomic E-state index is 13.1. The molecular formula is C18H17FN2O3. The Balaban J connectivity index is 1.67. The number of para-hydroxylation sites is 1. The van der Waals surface area contributed by atoms with E-state index in [1.165, 1.54) is 29.2 Å². The highest BCUT2D eigenvalue weighted by molar-refractivity contribution is 6.14. The van der Waals surface area contributed by atoms with Gasteiger partial charge in [0.05, 0.1) is 6.54 Å². The third-order valence-corrected chi connectivity index (χ3v) is 3.88. The van der Waals surface area contributed by atoms with E-state index in [9.17, 15) is 14.0 Å². The predicted molar refractivity (Wildman–Crippen MR) is 87.4 cm³/mol. The van der Waals surface area contributed by atoms with Crippen LogP contribution in [0.3, 0.4) is 0 Å². The fourth-order valence-corrected chi connectivity index (χ4v) is 2.64. The highest BCUT2D eigenvalue weighted by Crippen LogP contribution is 2.25. The fourth-order valence-electron chi connectivity index (χ4n) is 2.64. The molecule has 0 aromatic heterocycles. The second-order valence-corrected chi connectivity index (χ2v) is 5.46. The molecule has 1 heterocycles. The van der Waals surface area contributed by atoms with Crippen LogP contribution in [-0.4, -0.2) is 36.0 Å². The maximum absolute atomic E-state index is 13.1. The molecule has 1 saturated heterocycles. The standard InChI is InChI=1S/C18H17FN2O3/c1-13-17(22)20(11-12-24-16-5-3-2-4-6-16)18(23)21(13)15-9-7-14(19)8-10-15/h2-10,13H,11-12H2,1H3. The Morgan fingerprint density at radius 2 is 1.71 bits per heavy atom. The first kappa shape index (κ1) is 16.0. The van der Waals surface area contributed by atoms with E-state index < -0.39 is 17.9 Å². The Kier molecular flexibility index (Phi) is 4.46. The van der Waals surface area contributed by atoms with Gasteiger partial charge in [0.15, 0.2) is 0 Å². The van der Waals surface area contributed by atoms with E-state index in [1.807, 2.05) is 18.2 Å². The number of anilines is 1. The third kappa shape index (κ3) is 3.08. The number of imide groups is 1. The van der Waals surface area contributed by atoms with Gasteiger partial charge in [-0.1, -0.05) is 18.2 Å². The van der Waals surface area contributed by atoms with Crippen molar-refractivity contribution in [3.05, 3.63) is 60.4 Å². The first-order valence-corrected chi connectivity index (χ1v) is 7.66. The van der Waals surface area contributed by atoms with Crippen LogP contribution in [0.5, 0.6) is 5.75 Å². The Morgan fingerprint density at radius 3 is 2.38 bits per heavy atom. The molecule has 0 spiro atoms. The Labute approximate surface area is 139 Å². The highest BCUT2D eigenvalue weighted by atomic mass is 19.1. The van der Waals surface area contributed by atoms with Gasteiger partial charge < -0.3 is 4.74 Å². The van der Waals surface area contributed by atoms with Crippen molar-refractivity contribution in [2.75, 3.05) is 18.1 Å². The summed E-state index contributed by atoms with van der Waals surface area (Å²) in [6, 6.07) is 13.6. The zero-order valence-electron chi connectivity index (χ0n) is 13.2. The molecule has 1 aliphatic rings. The van der Waals surface area contributed by atoms with Gasteiger partial charge in [-0.3, -0.25) is 14.6 Å². The number of carbonyl (C=O) groups excluding carboxylic acids is 2. The number of nitrogens with zero attached hydrogens (tertiary/aromatic N) is 2. The van der Waals surface area contributed by atoms with Crippen molar-refractivity contribution < 1.29 is 18.7 Å². The van der Waals surface area contributed by atoms with E-state index in [0.717, 1.165) is 4.90 Å². The zero-order chi connectivity index (χ0) is 17.1. The summed E-state index contributed by atoms with van der Waals surface area (Å²) in [4.78, 5) is 27.4. The molecule has 5 nitrogen and oxygen atoms in total. The Hall–Kier alpha value is -2.89. The molecule has 24 heavy (non-hydrogen) atoms. The van der Waals surface area contributed by atoms with Gasteiger partial charge in [-0.15, -0.1) is 0 Å². The van der Waals surface area contributed by atoms with Crippen molar-refractivity contribution in [2.24, 2.45) is 0 Å². The van der Waals surface area contributed by atoms with Crippen LogP contribution in [0.1, 0.15) is 6.92 Å². The zero-order valence-corrected chi connectivity index (χ0v) is 13.2. The van der Waals surface area contributed by atoms with Gasteiger partial charge >= 0.3 is 6.03 Å². The fraction of sp³-hybridized carbons (Fsp3) is 0.222. The molecule has 3 rings (SSSR count). The van der Waals surface area contributed by atoms with E-state index >= 15 is 0 Å². The predicted octanol–water partition coefficient (Wildman–Crippen LogP) is 3.06. The highest BCUT2D eigenvalue weighted by Gasteiger charge is 2.43. The number of ether oxygens (including phenoxy) is 1. The maximum Gasteiger partial charge on any atom is 0.332 e. The van der Waals surface area contributed by atoms with E-state index in [4.69, 9.17) is 4.74 Å². The summed E-state index contributed by atoms with van der Waals surface area (Å²) in [5, 5.41) is 0. The molecule has 3 amide bonds. The summed E-state index contributed by atoms with van der Waals surface area (Å²) in [6.07, 6.45) is 0. The van der Waals surface area contributed by atoms with Crippen molar-refractivity contribution in [2.45, 2.75) is 13.0 Å². The topological polar surface area (TPSA) is 49.9 Å². The van der Waals surface area contributed by atoms with Gasteiger partial charge in [-0.25, -0.2) is 9.18 Å². The van der Waals surface area contributed by atoms with Crippen LogP contribution in [0.2, 0.25) is 0 Å². The normalized spacial score (nSPS) is 17.5. The van der Waals surface area contributed by atoms with Gasteiger partial charge in [0.1, 0.15) is 24.2 Å². The molecule has 1 atom stereocenters. The lowest BCUT2D eigenvalue weighted by Crippen LogP contribution is -2.36. The largest absolute Gasteiger partial charge is 0.492 e. The number of hydrogen-bond acceptors (Lipinski definition) is 3. The van der Waals surface area contributed by atoms with Crippen LogP contribution in [0.4, 0.5) is 14.9 Å². The van der Waals surface area contributed by atoms with Crippen LogP contribution in [0.15, 0.2) is 54.6 Å². The van der Waals surface area contributed by atoms with E-state index in [1.54, 1.807) is 19.1 Å². The molecule has 2 aromatic carbocycles. The first-order valence-electron chi connectivity index (χ1n) is 7.66. The first-order chi connectivity index (χ1) is 11.6. The number of carbonyl (C=O) groups is 2. The minimum atomic E-state index is -0.625. The molecule has 1 aliphatic heterocycles. The number of amides is 3. The minimum Gasteiger partial charge on any atom is -0.492 e. The number of benzene rings is 2. The summed E-state index contributed by atoms with van der Waals surface area (Å²) >= 11 is 0. The molecule has 1 fully saturated rings. The second-order valence-electron chi connectivity index (χ2n) is 5.46. The van der Waals surface area contributed by atoms with E-state index in [0.29, 0.717) is 11.4 Å². The SMILES string of the molecule is CC1C(=O)N(CCOc2ccccc2)C(=O)N1c1ccc(F)cc1. The average Bonchev–Trinajstić information content (AvgIpc) is 2.80. The summed E-state index contributed by atoms with van der Waals surface area (Å²) in [5.41, 5.74) is 0.494. The molecular weight excluding hydrogens is 311 g/mol. The summed E-state index contributed by atoms with van der Waals surface area (Å²) < 4.78 is 18.6. The number of halogens is 1. The Morgan fingerprint density at radius 1 is 1.04 bits per heavy atom. The second kappa shape index (κ2) is 6.70. The lowest BCUT2D eigenvalue weighted by Gasteiger charge is -2.19. The molecule has 2 aromatic rings. The minimum absolute atomic E-state index is 0.161. The van der Waals surface area contributed by atoms with Crippen LogP contribution in [0, 0.1) is 5.82 Å². The van der Waals surface area contributed by atoms with Crippen molar-refractivity contribution >= 4 is 17.6 Å². The molecule has 0 saturated carbocycles. The monoisotopic (exact) mass is 328 g/mol. The lowest BCUT2D eigenvalue weighted by molar-refractivity contribution is -0.127. The van der Waals surface area contributed by atoms with Crippen LogP contribution < -0.4 is 9.64 Å². The Bertz CT molecular complexity index is 734.